The Morgan fingerprint density at radius 3 is 2.40 bits per heavy atom. The summed E-state index contributed by atoms with van der Waals surface area (Å²) in [4.78, 5) is 16.9. The molecule has 20 heavy (non-hydrogen) atoms. The van der Waals surface area contributed by atoms with E-state index in [1.165, 1.54) is 12.8 Å². The molecule has 0 amide bonds. The predicted molar refractivity (Wildman–Crippen MR) is 79.7 cm³/mol. The van der Waals surface area contributed by atoms with E-state index >= 15 is 0 Å². The highest BCUT2D eigenvalue weighted by Gasteiger charge is 2.33. The summed E-state index contributed by atoms with van der Waals surface area (Å²) in [6.07, 6.45) is 2.37. The van der Waals surface area contributed by atoms with Gasteiger partial charge in [-0.25, -0.2) is 0 Å². The van der Waals surface area contributed by atoms with Crippen LogP contribution in [0.4, 0.5) is 0 Å². The number of likely N-dealkylation sites (N-methyl/N-ethyl adjacent to an activating group) is 1. The first-order valence-corrected chi connectivity index (χ1v) is 7.88. The summed E-state index contributed by atoms with van der Waals surface area (Å²) in [5, 5.41) is 3.43. The lowest BCUT2D eigenvalue weighted by Crippen LogP contribution is -2.58. The minimum atomic E-state index is -0.176. The lowest BCUT2D eigenvalue weighted by molar-refractivity contribution is -0.146. The number of carbonyl (C=O) groups is 1. The summed E-state index contributed by atoms with van der Waals surface area (Å²) in [5.41, 5.74) is 0. The molecular formula is C15H29N3O2. The Morgan fingerprint density at radius 2 is 1.90 bits per heavy atom. The van der Waals surface area contributed by atoms with E-state index in [4.69, 9.17) is 4.74 Å². The molecule has 0 radical (unpaired) electrons. The van der Waals surface area contributed by atoms with Gasteiger partial charge in [0.15, 0.2) is 0 Å². The van der Waals surface area contributed by atoms with Crippen LogP contribution in [0.25, 0.3) is 0 Å². The van der Waals surface area contributed by atoms with Crippen molar-refractivity contribution in [2.75, 3.05) is 33.3 Å². The zero-order chi connectivity index (χ0) is 14.7. The highest BCUT2D eigenvalue weighted by Crippen LogP contribution is 2.20. The minimum Gasteiger partial charge on any atom is -0.465 e. The number of esters is 1. The molecule has 3 unspecified atom stereocenters. The molecule has 5 nitrogen and oxygen atoms in total. The van der Waals surface area contributed by atoms with Crippen LogP contribution in [0.2, 0.25) is 0 Å². The fourth-order valence-corrected chi connectivity index (χ4v) is 2.89. The van der Waals surface area contributed by atoms with Gasteiger partial charge in [-0.1, -0.05) is 0 Å². The third-order valence-electron chi connectivity index (χ3n) is 4.46. The summed E-state index contributed by atoms with van der Waals surface area (Å²) >= 11 is 0. The average molecular weight is 283 g/mol. The van der Waals surface area contributed by atoms with Gasteiger partial charge in [0.25, 0.3) is 0 Å². The number of piperazine rings is 1. The highest BCUT2D eigenvalue weighted by molar-refractivity contribution is 5.76. The van der Waals surface area contributed by atoms with Gasteiger partial charge < -0.3 is 10.1 Å². The molecule has 2 aliphatic rings. The monoisotopic (exact) mass is 283 g/mol. The van der Waals surface area contributed by atoms with Crippen molar-refractivity contribution in [1.82, 2.24) is 15.1 Å². The molecule has 1 saturated heterocycles. The lowest BCUT2D eigenvalue weighted by Gasteiger charge is -2.43. The lowest BCUT2D eigenvalue weighted by atomic mass is 10.1. The molecule has 2 rings (SSSR count). The van der Waals surface area contributed by atoms with E-state index in [2.05, 4.69) is 36.0 Å². The molecule has 2 fully saturated rings. The molecule has 1 heterocycles. The normalized spacial score (nSPS) is 30.2. The Hall–Kier alpha value is -0.650. The van der Waals surface area contributed by atoms with Crippen LogP contribution >= 0.6 is 0 Å². The molecule has 0 spiro atoms. The number of rotatable bonds is 6. The van der Waals surface area contributed by atoms with E-state index in [1.807, 2.05) is 6.92 Å². The maximum Gasteiger partial charge on any atom is 0.324 e. The van der Waals surface area contributed by atoms with Crippen LogP contribution < -0.4 is 5.32 Å². The summed E-state index contributed by atoms with van der Waals surface area (Å²) < 4.78 is 5.21. The van der Waals surface area contributed by atoms with Crippen molar-refractivity contribution in [3.8, 4) is 0 Å². The Kier molecular flexibility index (Phi) is 5.41. The smallest absolute Gasteiger partial charge is 0.324 e. The molecule has 116 valence electrons. The molecule has 0 aromatic heterocycles. The van der Waals surface area contributed by atoms with Gasteiger partial charge in [0.05, 0.1) is 6.61 Å². The average Bonchev–Trinajstić information content (AvgIpc) is 3.19. The van der Waals surface area contributed by atoms with Crippen molar-refractivity contribution >= 4 is 5.97 Å². The molecule has 0 aromatic rings. The second kappa shape index (κ2) is 6.87. The van der Waals surface area contributed by atoms with Crippen molar-refractivity contribution < 1.29 is 9.53 Å². The quantitative estimate of drug-likeness (QED) is 0.727. The zero-order valence-corrected chi connectivity index (χ0v) is 13.3. The van der Waals surface area contributed by atoms with Crippen LogP contribution in [-0.4, -0.2) is 73.2 Å². The van der Waals surface area contributed by atoms with Crippen LogP contribution in [0.15, 0.2) is 0 Å². The maximum absolute atomic E-state index is 12.1. The summed E-state index contributed by atoms with van der Waals surface area (Å²) in [7, 11) is 2.18. The van der Waals surface area contributed by atoms with Gasteiger partial charge in [0.1, 0.15) is 6.04 Å². The molecular weight excluding hydrogens is 254 g/mol. The van der Waals surface area contributed by atoms with Crippen molar-refractivity contribution in [3.05, 3.63) is 0 Å². The summed E-state index contributed by atoms with van der Waals surface area (Å²) in [6.45, 7) is 9.61. The Balaban J connectivity index is 1.90. The molecule has 1 aliphatic heterocycles. The number of nitrogens with zero attached hydrogens (tertiary/aromatic N) is 2. The van der Waals surface area contributed by atoms with Crippen LogP contribution in [0.1, 0.15) is 33.6 Å². The van der Waals surface area contributed by atoms with Crippen LogP contribution in [0.5, 0.6) is 0 Å². The zero-order valence-electron chi connectivity index (χ0n) is 13.3. The van der Waals surface area contributed by atoms with Crippen LogP contribution in [0, 0.1) is 0 Å². The second-order valence-electron chi connectivity index (χ2n) is 6.33. The fourth-order valence-electron chi connectivity index (χ4n) is 2.89. The van der Waals surface area contributed by atoms with E-state index in [1.54, 1.807) is 0 Å². The number of carbonyl (C=O) groups excluding carboxylic acids is 1. The topological polar surface area (TPSA) is 44.8 Å². The van der Waals surface area contributed by atoms with Gasteiger partial charge in [-0.3, -0.25) is 14.6 Å². The van der Waals surface area contributed by atoms with Crippen molar-refractivity contribution in [1.29, 1.82) is 0 Å². The van der Waals surface area contributed by atoms with Gasteiger partial charge in [-0.15, -0.1) is 0 Å². The number of hydrogen-bond donors (Lipinski definition) is 1. The third kappa shape index (κ3) is 4.17. The summed E-state index contributed by atoms with van der Waals surface area (Å²) in [5.74, 6) is -0.0985. The van der Waals surface area contributed by atoms with Gasteiger partial charge in [-0.05, 0) is 40.7 Å². The van der Waals surface area contributed by atoms with E-state index < -0.39 is 0 Å². The van der Waals surface area contributed by atoms with Gasteiger partial charge in [0.2, 0.25) is 0 Å². The second-order valence-corrected chi connectivity index (χ2v) is 6.33. The number of ether oxygens (including phenoxy) is 1. The van der Waals surface area contributed by atoms with Crippen molar-refractivity contribution in [3.63, 3.8) is 0 Å². The minimum absolute atomic E-state index is 0.0985. The summed E-state index contributed by atoms with van der Waals surface area (Å²) in [6, 6.07) is 1.40. The molecule has 3 atom stereocenters. The van der Waals surface area contributed by atoms with Gasteiger partial charge in [0, 0.05) is 37.8 Å². The molecule has 1 aliphatic carbocycles. The molecule has 1 N–H and O–H groups in total. The highest BCUT2D eigenvalue weighted by atomic mass is 16.5. The Bertz CT molecular complexity index is 321. The fraction of sp³-hybridized carbons (Fsp3) is 0.933. The predicted octanol–water partition coefficient (Wildman–Crippen LogP) is 0.695. The standard InChI is InChI=1S/C15H29N3O2/c1-5-20-15(19)14(16-13-6-7-13)10-18-8-11(2)17(4)12(3)9-18/h11-14,16H,5-10H2,1-4H3. The Labute approximate surface area is 122 Å². The van der Waals surface area contributed by atoms with Crippen molar-refractivity contribution in [2.45, 2.75) is 57.8 Å². The van der Waals surface area contributed by atoms with Crippen molar-refractivity contribution in [2.24, 2.45) is 0 Å². The first-order chi connectivity index (χ1) is 9.51. The van der Waals surface area contributed by atoms with Crippen LogP contribution in [0.3, 0.4) is 0 Å². The first-order valence-electron chi connectivity index (χ1n) is 7.88. The van der Waals surface area contributed by atoms with Gasteiger partial charge in [-0.2, -0.15) is 0 Å². The largest absolute Gasteiger partial charge is 0.465 e. The van der Waals surface area contributed by atoms with E-state index in [0.29, 0.717) is 24.7 Å². The SMILES string of the molecule is CCOC(=O)C(CN1CC(C)N(C)C(C)C1)NC1CC1. The first kappa shape index (κ1) is 15.7. The molecule has 0 bridgehead atoms. The Morgan fingerprint density at radius 1 is 1.30 bits per heavy atom. The van der Waals surface area contributed by atoms with Gasteiger partial charge >= 0.3 is 5.97 Å². The third-order valence-corrected chi connectivity index (χ3v) is 4.46. The van der Waals surface area contributed by atoms with E-state index in [-0.39, 0.29) is 12.0 Å². The number of nitrogens with one attached hydrogen (secondary N) is 1. The molecule has 5 heteroatoms. The molecule has 1 saturated carbocycles. The van der Waals surface area contributed by atoms with Crippen LogP contribution in [-0.2, 0) is 9.53 Å². The maximum atomic E-state index is 12.1. The van der Waals surface area contributed by atoms with E-state index in [0.717, 1.165) is 19.6 Å². The van der Waals surface area contributed by atoms with E-state index in [9.17, 15) is 4.79 Å². The number of hydrogen-bond acceptors (Lipinski definition) is 5. The molecule has 0 aromatic carbocycles.